The molecule has 11 heteroatoms. The Labute approximate surface area is 210 Å². The molecule has 0 spiro atoms. The topological polar surface area (TPSA) is 136 Å². The number of rotatable bonds is 7. The molecule has 4 rings (SSSR count). The lowest BCUT2D eigenvalue weighted by Crippen LogP contribution is -2.37. The number of nitrogens with zero attached hydrogens (tertiary/aromatic N) is 1. The lowest BCUT2D eigenvalue weighted by Gasteiger charge is -2.13. The summed E-state index contributed by atoms with van der Waals surface area (Å²) in [6.07, 6.45) is 0. The van der Waals surface area contributed by atoms with E-state index in [0.717, 1.165) is 10.9 Å². The quantitative estimate of drug-likeness (QED) is 0.186. The summed E-state index contributed by atoms with van der Waals surface area (Å²) in [5.74, 6) is -0.355. The Kier molecular flexibility index (Phi) is 7.21. The molecule has 10 nitrogen and oxygen atoms in total. The molecule has 0 aliphatic carbocycles. The first-order valence-corrected chi connectivity index (χ1v) is 11.1. The smallest absolute Gasteiger partial charge is 0.291 e. The van der Waals surface area contributed by atoms with Crippen molar-refractivity contribution in [1.29, 1.82) is 0 Å². The SMILES string of the molecule is Cc1cc(NC(=S)NC(=O)COc2ccc([N+](=O)[O-])cc2)ccc1NC(=O)c1cc2ccccc2o1. The summed E-state index contributed by atoms with van der Waals surface area (Å²) in [6, 6.07) is 19.6. The molecule has 1 aromatic heterocycles. The number of non-ortho nitro benzene ring substituents is 1. The molecular formula is C25H20N4O6S. The van der Waals surface area contributed by atoms with Gasteiger partial charge in [-0.3, -0.25) is 25.0 Å². The fraction of sp³-hybridized carbons (Fsp3) is 0.0800. The lowest BCUT2D eigenvalue weighted by atomic mass is 10.1. The van der Waals surface area contributed by atoms with Crippen LogP contribution in [0.4, 0.5) is 17.1 Å². The van der Waals surface area contributed by atoms with E-state index >= 15 is 0 Å². The number of fused-ring (bicyclic) bond motifs is 1. The van der Waals surface area contributed by atoms with E-state index in [4.69, 9.17) is 21.4 Å². The molecule has 0 aliphatic rings. The van der Waals surface area contributed by atoms with Gasteiger partial charge in [0.15, 0.2) is 17.5 Å². The number of para-hydroxylation sites is 1. The van der Waals surface area contributed by atoms with Gasteiger partial charge in [0, 0.05) is 28.9 Å². The predicted molar refractivity (Wildman–Crippen MR) is 138 cm³/mol. The van der Waals surface area contributed by atoms with Crippen LogP contribution in [0.2, 0.25) is 0 Å². The average molecular weight is 505 g/mol. The van der Waals surface area contributed by atoms with E-state index in [9.17, 15) is 19.7 Å². The number of hydrogen-bond acceptors (Lipinski definition) is 7. The standard InChI is InChI=1S/C25H20N4O6S/c1-15-12-17(6-11-20(15)27-24(31)22-13-16-4-2-3-5-21(16)35-22)26-25(36)28-23(30)14-34-19-9-7-18(8-10-19)29(32)33/h2-13H,14H2,1H3,(H,27,31)(H2,26,28,30,36). The monoisotopic (exact) mass is 504 g/mol. The first kappa shape index (κ1) is 24.4. The van der Waals surface area contributed by atoms with Crippen molar-refractivity contribution in [2.75, 3.05) is 17.2 Å². The highest BCUT2D eigenvalue weighted by Crippen LogP contribution is 2.23. The molecule has 0 radical (unpaired) electrons. The second-order valence-corrected chi connectivity index (χ2v) is 8.08. The van der Waals surface area contributed by atoms with Gasteiger partial charge in [-0.25, -0.2) is 0 Å². The van der Waals surface area contributed by atoms with Crippen LogP contribution in [0.15, 0.2) is 77.2 Å². The van der Waals surface area contributed by atoms with Crippen molar-refractivity contribution in [2.24, 2.45) is 0 Å². The van der Waals surface area contributed by atoms with Gasteiger partial charge in [-0.1, -0.05) is 18.2 Å². The maximum atomic E-state index is 12.6. The Morgan fingerprint density at radius 2 is 1.78 bits per heavy atom. The number of carbonyl (C=O) groups excluding carboxylic acids is 2. The van der Waals surface area contributed by atoms with Gasteiger partial charge in [-0.15, -0.1) is 0 Å². The fourth-order valence-corrected chi connectivity index (χ4v) is 3.53. The van der Waals surface area contributed by atoms with Crippen LogP contribution in [0.3, 0.4) is 0 Å². The van der Waals surface area contributed by atoms with E-state index in [1.165, 1.54) is 24.3 Å². The number of furan rings is 1. The van der Waals surface area contributed by atoms with E-state index < -0.39 is 10.8 Å². The average Bonchev–Trinajstić information content (AvgIpc) is 3.29. The van der Waals surface area contributed by atoms with Crippen LogP contribution in [0, 0.1) is 17.0 Å². The minimum absolute atomic E-state index is 0.0609. The van der Waals surface area contributed by atoms with Crippen LogP contribution in [0.5, 0.6) is 5.75 Å². The van der Waals surface area contributed by atoms with E-state index in [1.807, 2.05) is 25.1 Å². The number of nitro groups is 1. The number of anilines is 2. The van der Waals surface area contributed by atoms with Crippen LogP contribution in [0.1, 0.15) is 16.1 Å². The summed E-state index contributed by atoms with van der Waals surface area (Å²) in [6.45, 7) is 1.49. The van der Waals surface area contributed by atoms with Gasteiger partial charge in [0.25, 0.3) is 17.5 Å². The van der Waals surface area contributed by atoms with Gasteiger partial charge in [-0.2, -0.15) is 0 Å². The molecule has 0 bridgehead atoms. The molecule has 0 aliphatic heterocycles. The van der Waals surface area contributed by atoms with E-state index in [-0.39, 0.29) is 29.1 Å². The summed E-state index contributed by atoms with van der Waals surface area (Å²) in [5, 5.41) is 19.8. The molecule has 3 N–H and O–H groups in total. The Morgan fingerprint density at radius 1 is 1.03 bits per heavy atom. The van der Waals surface area contributed by atoms with Crippen LogP contribution in [-0.4, -0.2) is 28.5 Å². The molecule has 3 aromatic carbocycles. The molecule has 0 saturated carbocycles. The van der Waals surface area contributed by atoms with Gasteiger partial charge in [0.05, 0.1) is 4.92 Å². The van der Waals surface area contributed by atoms with Crippen LogP contribution in [0.25, 0.3) is 11.0 Å². The zero-order valence-corrected chi connectivity index (χ0v) is 19.8. The van der Waals surface area contributed by atoms with Gasteiger partial charge in [0.2, 0.25) is 0 Å². The molecular weight excluding hydrogens is 484 g/mol. The highest BCUT2D eigenvalue weighted by atomic mass is 32.1. The predicted octanol–water partition coefficient (Wildman–Crippen LogP) is 4.79. The number of benzene rings is 3. The molecule has 0 unspecified atom stereocenters. The molecule has 0 atom stereocenters. The number of aryl methyl sites for hydroxylation is 1. The molecule has 0 saturated heterocycles. The van der Waals surface area contributed by atoms with Gasteiger partial charge >= 0.3 is 0 Å². The number of nitrogens with one attached hydrogen (secondary N) is 3. The van der Waals surface area contributed by atoms with Crippen molar-refractivity contribution in [3.8, 4) is 5.75 Å². The van der Waals surface area contributed by atoms with Crippen molar-refractivity contribution in [2.45, 2.75) is 6.92 Å². The van der Waals surface area contributed by atoms with E-state index in [2.05, 4.69) is 16.0 Å². The maximum Gasteiger partial charge on any atom is 0.291 e. The van der Waals surface area contributed by atoms with Crippen molar-refractivity contribution in [1.82, 2.24) is 5.32 Å². The molecule has 0 fully saturated rings. The minimum Gasteiger partial charge on any atom is -0.484 e. The molecule has 2 amide bonds. The summed E-state index contributed by atoms with van der Waals surface area (Å²) in [7, 11) is 0. The highest BCUT2D eigenvalue weighted by Gasteiger charge is 2.14. The lowest BCUT2D eigenvalue weighted by molar-refractivity contribution is -0.384. The molecule has 1 heterocycles. The number of carbonyl (C=O) groups is 2. The number of nitro benzene ring substituents is 1. The van der Waals surface area contributed by atoms with Crippen LogP contribution >= 0.6 is 12.2 Å². The normalized spacial score (nSPS) is 10.5. The van der Waals surface area contributed by atoms with Gasteiger partial charge in [0.1, 0.15) is 11.3 Å². The van der Waals surface area contributed by atoms with Gasteiger partial charge in [-0.05, 0) is 67.2 Å². The maximum absolute atomic E-state index is 12.6. The number of hydrogen-bond donors (Lipinski definition) is 3. The van der Waals surface area contributed by atoms with Crippen molar-refractivity contribution >= 4 is 57.2 Å². The van der Waals surface area contributed by atoms with Crippen molar-refractivity contribution < 1.29 is 23.7 Å². The number of ether oxygens (including phenoxy) is 1. The fourth-order valence-electron chi connectivity index (χ4n) is 3.30. The van der Waals surface area contributed by atoms with Crippen molar-refractivity contribution in [3.63, 3.8) is 0 Å². The van der Waals surface area contributed by atoms with Crippen molar-refractivity contribution in [3.05, 3.63) is 94.2 Å². The zero-order valence-electron chi connectivity index (χ0n) is 18.9. The largest absolute Gasteiger partial charge is 0.484 e. The minimum atomic E-state index is -0.524. The van der Waals surface area contributed by atoms with E-state index in [1.54, 1.807) is 30.3 Å². The summed E-state index contributed by atoms with van der Waals surface area (Å²) in [5.41, 5.74) is 2.52. The Hall–Kier alpha value is -4.77. The molecule has 182 valence electrons. The van der Waals surface area contributed by atoms with Crippen LogP contribution in [-0.2, 0) is 4.79 Å². The second-order valence-electron chi connectivity index (χ2n) is 7.67. The molecule has 36 heavy (non-hydrogen) atoms. The first-order valence-electron chi connectivity index (χ1n) is 10.7. The summed E-state index contributed by atoms with van der Waals surface area (Å²) >= 11 is 5.17. The summed E-state index contributed by atoms with van der Waals surface area (Å²) < 4.78 is 10.9. The van der Waals surface area contributed by atoms with Crippen LogP contribution < -0.4 is 20.7 Å². The highest BCUT2D eigenvalue weighted by molar-refractivity contribution is 7.80. The second kappa shape index (κ2) is 10.7. The van der Waals surface area contributed by atoms with Gasteiger partial charge < -0.3 is 19.8 Å². The zero-order chi connectivity index (χ0) is 25.7. The third kappa shape index (κ3) is 6.02. The Morgan fingerprint density at radius 3 is 2.47 bits per heavy atom. The third-order valence-corrected chi connectivity index (χ3v) is 5.26. The van der Waals surface area contributed by atoms with E-state index in [0.29, 0.717) is 22.7 Å². The molecule has 4 aromatic rings. The number of amides is 2. The Bertz CT molecular complexity index is 1430. The third-order valence-electron chi connectivity index (χ3n) is 5.05. The Balaban J connectivity index is 1.28. The summed E-state index contributed by atoms with van der Waals surface area (Å²) in [4.78, 5) is 34.9. The first-order chi connectivity index (χ1) is 17.3. The number of thiocarbonyl (C=S) groups is 1.